The van der Waals surface area contributed by atoms with E-state index in [1.807, 2.05) is 0 Å². The molecule has 0 saturated heterocycles. The summed E-state index contributed by atoms with van der Waals surface area (Å²) in [5.74, 6) is 0. The fourth-order valence-corrected chi connectivity index (χ4v) is 2.79. The van der Waals surface area contributed by atoms with E-state index >= 15 is 0 Å². The van der Waals surface area contributed by atoms with Crippen LogP contribution in [0.3, 0.4) is 0 Å². The van der Waals surface area contributed by atoms with Crippen LogP contribution in [0.2, 0.25) is 0 Å². The standard InChI is InChI=1S/C19H21N2/c1-14-7-5-9-16(11-14)18-13-19(21(4)20(18)3)17-10-6-8-15(2)12-17/h5-13H,1-4H3/q+1. The van der Waals surface area contributed by atoms with E-state index in [1.165, 1.54) is 33.6 Å². The summed E-state index contributed by atoms with van der Waals surface area (Å²) >= 11 is 0. The number of benzene rings is 2. The van der Waals surface area contributed by atoms with Gasteiger partial charge in [-0.05, 0) is 32.0 Å². The lowest BCUT2D eigenvalue weighted by Crippen LogP contribution is -2.39. The van der Waals surface area contributed by atoms with Gasteiger partial charge >= 0.3 is 0 Å². The number of aromatic nitrogens is 2. The summed E-state index contributed by atoms with van der Waals surface area (Å²) < 4.78 is 4.40. The van der Waals surface area contributed by atoms with Crippen molar-refractivity contribution >= 4 is 0 Å². The number of hydrogen-bond donors (Lipinski definition) is 0. The van der Waals surface area contributed by atoms with Crippen LogP contribution in [-0.4, -0.2) is 4.68 Å². The Labute approximate surface area is 126 Å². The van der Waals surface area contributed by atoms with Crippen molar-refractivity contribution in [3.63, 3.8) is 0 Å². The van der Waals surface area contributed by atoms with Gasteiger partial charge in [0.05, 0.1) is 7.05 Å². The molecule has 3 rings (SSSR count). The Hall–Kier alpha value is -2.35. The van der Waals surface area contributed by atoms with Crippen LogP contribution in [0.4, 0.5) is 0 Å². The number of nitrogens with zero attached hydrogens (tertiary/aromatic N) is 2. The van der Waals surface area contributed by atoms with E-state index in [0.717, 1.165) is 0 Å². The summed E-state index contributed by atoms with van der Waals surface area (Å²) in [7, 11) is 4.22. The Morgan fingerprint density at radius 3 is 2.00 bits per heavy atom. The van der Waals surface area contributed by atoms with Crippen molar-refractivity contribution in [3.8, 4) is 22.5 Å². The zero-order chi connectivity index (χ0) is 15.0. The summed E-state index contributed by atoms with van der Waals surface area (Å²) in [4.78, 5) is 0. The van der Waals surface area contributed by atoms with Crippen LogP contribution in [0.5, 0.6) is 0 Å². The van der Waals surface area contributed by atoms with Crippen LogP contribution in [-0.2, 0) is 14.1 Å². The highest BCUT2D eigenvalue weighted by Gasteiger charge is 2.19. The lowest BCUT2D eigenvalue weighted by atomic mass is 10.1. The van der Waals surface area contributed by atoms with Gasteiger partial charge in [0, 0.05) is 17.2 Å². The van der Waals surface area contributed by atoms with E-state index in [4.69, 9.17) is 0 Å². The van der Waals surface area contributed by atoms with E-state index in [9.17, 15) is 0 Å². The van der Waals surface area contributed by atoms with Crippen molar-refractivity contribution < 1.29 is 4.68 Å². The van der Waals surface area contributed by atoms with Crippen molar-refractivity contribution in [2.24, 2.45) is 14.1 Å². The van der Waals surface area contributed by atoms with E-state index in [2.05, 4.69) is 91.9 Å². The summed E-state index contributed by atoms with van der Waals surface area (Å²) in [6.45, 7) is 4.27. The highest BCUT2D eigenvalue weighted by atomic mass is 15.4. The zero-order valence-corrected chi connectivity index (χ0v) is 13.1. The Morgan fingerprint density at radius 2 is 1.38 bits per heavy atom. The SMILES string of the molecule is Cc1cccc(-c2cc(-c3cccc(C)c3)[n+](C)n2C)c1. The molecule has 0 bridgehead atoms. The fourth-order valence-electron chi connectivity index (χ4n) is 2.79. The first-order chi connectivity index (χ1) is 10.1. The summed E-state index contributed by atoms with van der Waals surface area (Å²) in [5.41, 5.74) is 7.55. The molecule has 0 N–H and O–H groups in total. The highest BCUT2D eigenvalue weighted by Crippen LogP contribution is 2.25. The molecule has 0 fully saturated rings. The van der Waals surface area contributed by atoms with Gasteiger partial charge in [0.15, 0.2) is 7.05 Å². The molecular weight excluding hydrogens is 256 g/mol. The predicted molar refractivity (Wildman–Crippen MR) is 86.9 cm³/mol. The zero-order valence-electron chi connectivity index (χ0n) is 13.1. The molecule has 21 heavy (non-hydrogen) atoms. The third kappa shape index (κ3) is 2.49. The molecule has 3 aromatic rings. The number of rotatable bonds is 2. The minimum Gasteiger partial charge on any atom is -0.156 e. The van der Waals surface area contributed by atoms with Gasteiger partial charge in [-0.3, -0.25) is 0 Å². The Morgan fingerprint density at radius 1 is 0.810 bits per heavy atom. The topological polar surface area (TPSA) is 8.81 Å². The highest BCUT2D eigenvalue weighted by molar-refractivity contribution is 5.67. The van der Waals surface area contributed by atoms with Gasteiger partial charge in [0.25, 0.3) is 0 Å². The lowest BCUT2D eigenvalue weighted by Gasteiger charge is -2.01. The van der Waals surface area contributed by atoms with Crippen LogP contribution < -0.4 is 4.68 Å². The van der Waals surface area contributed by atoms with Gasteiger partial charge in [0.2, 0.25) is 5.69 Å². The molecule has 0 unspecified atom stereocenters. The average molecular weight is 277 g/mol. The number of aryl methyl sites for hydroxylation is 2. The molecule has 0 radical (unpaired) electrons. The van der Waals surface area contributed by atoms with Gasteiger partial charge in [-0.25, -0.2) is 0 Å². The maximum Gasteiger partial charge on any atom is 0.238 e. The second-order valence-corrected chi connectivity index (χ2v) is 5.70. The van der Waals surface area contributed by atoms with Gasteiger partial charge in [0.1, 0.15) is 5.69 Å². The van der Waals surface area contributed by atoms with E-state index in [0.29, 0.717) is 0 Å². The van der Waals surface area contributed by atoms with Crippen molar-refractivity contribution in [2.75, 3.05) is 0 Å². The minimum absolute atomic E-state index is 1.23. The molecule has 2 heteroatoms. The van der Waals surface area contributed by atoms with Crippen LogP contribution in [0.1, 0.15) is 11.1 Å². The molecular formula is C19H21N2+. The van der Waals surface area contributed by atoms with Gasteiger partial charge < -0.3 is 0 Å². The van der Waals surface area contributed by atoms with Crippen molar-refractivity contribution in [1.29, 1.82) is 0 Å². The average Bonchev–Trinajstić information content (AvgIpc) is 2.75. The Bertz CT molecular complexity index is 731. The molecule has 1 heterocycles. The minimum atomic E-state index is 1.23. The summed E-state index contributed by atoms with van der Waals surface area (Å²) in [6.07, 6.45) is 0. The quantitative estimate of drug-likeness (QED) is 0.630. The molecule has 0 spiro atoms. The molecule has 0 aliphatic heterocycles. The van der Waals surface area contributed by atoms with Crippen molar-refractivity contribution in [1.82, 2.24) is 4.68 Å². The van der Waals surface area contributed by atoms with Crippen LogP contribution in [0, 0.1) is 13.8 Å². The number of hydrogen-bond acceptors (Lipinski definition) is 0. The van der Waals surface area contributed by atoms with Gasteiger partial charge in [-0.1, -0.05) is 41.5 Å². The molecule has 106 valence electrons. The fraction of sp³-hybridized carbons (Fsp3) is 0.211. The first-order valence-corrected chi connectivity index (χ1v) is 7.26. The molecule has 0 aliphatic rings. The van der Waals surface area contributed by atoms with Crippen LogP contribution >= 0.6 is 0 Å². The molecule has 1 aromatic heterocycles. The first kappa shape index (κ1) is 13.6. The molecule has 2 nitrogen and oxygen atoms in total. The van der Waals surface area contributed by atoms with Crippen LogP contribution in [0.25, 0.3) is 22.5 Å². The molecule has 0 atom stereocenters. The Balaban J connectivity index is 2.16. The molecule has 2 aromatic carbocycles. The second-order valence-electron chi connectivity index (χ2n) is 5.70. The summed E-state index contributed by atoms with van der Waals surface area (Å²) in [6, 6.07) is 19.6. The monoisotopic (exact) mass is 277 g/mol. The van der Waals surface area contributed by atoms with Crippen molar-refractivity contribution in [2.45, 2.75) is 13.8 Å². The van der Waals surface area contributed by atoms with Crippen LogP contribution in [0.15, 0.2) is 54.6 Å². The molecule has 0 aliphatic carbocycles. The largest absolute Gasteiger partial charge is 0.238 e. The Kier molecular flexibility index (Phi) is 3.38. The van der Waals surface area contributed by atoms with Crippen molar-refractivity contribution in [3.05, 3.63) is 65.7 Å². The van der Waals surface area contributed by atoms with E-state index in [1.54, 1.807) is 0 Å². The molecule has 0 saturated carbocycles. The van der Waals surface area contributed by atoms with E-state index in [-0.39, 0.29) is 0 Å². The van der Waals surface area contributed by atoms with Gasteiger partial charge in [-0.2, -0.15) is 4.68 Å². The third-order valence-corrected chi connectivity index (χ3v) is 4.05. The lowest BCUT2D eigenvalue weighted by molar-refractivity contribution is -0.740. The maximum atomic E-state index is 2.27. The predicted octanol–water partition coefficient (Wildman–Crippen LogP) is 3.80. The first-order valence-electron chi connectivity index (χ1n) is 7.26. The van der Waals surface area contributed by atoms with E-state index < -0.39 is 0 Å². The summed E-state index contributed by atoms with van der Waals surface area (Å²) in [5, 5.41) is 0. The molecule has 0 amide bonds. The smallest absolute Gasteiger partial charge is 0.156 e. The normalized spacial score (nSPS) is 10.9. The van der Waals surface area contributed by atoms with Gasteiger partial charge in [-0.15, -0.1) is 4.68 Å². The second kappa shape index (κ2) is 5.21. The maximum absolute atomic E-state index is 2.27. The third-order valence-electron chi connectivity index (χ3n) is 4.05.